The van der Waals surface area contributed by atoms with E-state index in [0.717, 1.165) is 0 Å². The van der Waals surface area contributed by atoms with Gasteiger partial charge in [0.2, 0.25) is 0 Å². The zero-order valence-electron chi connectivity index (χ0n) is 9.40. The summed E-state index contributed by atoms with van der Waals surface area (Å²) in [5.74, 6) is 0. The van der Waals surface area contributed by atoms with Crippen LogP contribution in [-0.4, -0.2) is 27.1 Å². The Morgan fingerprint density at radius 2 is 1.29 bits per heavy atom. The van der Waals surface area contributed by atoms with Crippen molar-refractivity contribution in [1.82, 2.24) is 0 Å². The van der Waals surface area contributed by atoms with Crippen molar-refractivity contribution in [2.45, 2.75) is 50.0 Å². The second kappa shape index (κ2) is 5.19. The van der Waals surface area contributed by atoms with Crippen LogP contribution in [0.5, 0.6) is 0 Å². The third-order valence-corrected chi connectivity index (χ3v) is 5.54. The Bertz CT molecular complexity index is 178. The number of hydrogen-bond acceptors (Lipinski definition) is 1. The summed E-state index contributed by atoms with van der Waals surface area (Å²) in [5.41, 5.74) is 0. The fourth-order valence-electron chi connectivity index (χ4n) is 1.15. The van der Waals surface area contributed by atoms with Crippen LogP contribution >= 0.6 is 0 Å². The molecule has 1 nitrogen and oxygen atoms in total. The second-order valence-corrected chi connectivity index (χ2v) is 6.65. The molecule has 0 saturated carbocycles. The van der Waals surface area contributed by atoms with Gasteiger partial charge in [-0.05, 0) is 26.7 Å². The van der Waals surface area contributed by atoms with Crippen LogP contribution in [-0.2, 0) is 10.8 Å². The molecule has 0 aliphatic heterocycles. The molecule has 2 unspecified atom stereocenters. The lowest BCUT2D eigenvalue weighted by molar-refractivity contribution is 0.365. The van der Waals surface area contributed by atoms with E-state index in [0.29, 0.717) is 12.8 Å². The number of alkyl halides is 2. The predicted octanol–water partition coefficient (Wildman–Crippen LogP) is 3.01. The Hall–Kier alpha value is 0.01000. The minimum Gasteiger partial charge on any atom is -0.258 e. The van der Waals surface area contributed by atoms with Gasteiger partial charge in [-0.3, -0.25) is 4.21 Å². The van der Waals surface area contributed by atoms with Gasteiger partial charge < -0.3 is 0 Å². The SMILES string of the molecule is CCC(C)(CF)S(=O)C(C)(CC)CF. The van der Waals surface area contributed by atoms with Gasteiger partial charge >= 0.3 is 0 Å². The van der Waals surface area contributed by atoms with Gasteiger partial charge in [-0.2, -0.15) is 0 Å². The van der Waals surface area contributed by atoms with Crippen molar-refractivity contribution < 1.29 is 13.0 Å². The summed E-state index contributed by atoms with van der Waals surface area (Å²) < 4.78 is 35.8. The van der Waals surface area contributed by atoms with Gasteiger partial charge in [0.1, 0.15) is 13.3 Å². The van der Waals surface area contributed by atoms with Crippen molar-refractivity contribution in [2.75, 3.05) is 13.3 Å². The van der Waals surface area contributed by atoms with E-state index in [2.05, 4.69) is 0 Å². The van der Waals surface area contributed by atoms with Crippen molar-refractivity contribution in [1.29, 1.82) is 0 Å². The van der Waals surface area contributed by atoms with E-state index in [9.17, 15) is 13.0 Å². The molecule has 4 heteroatoms. The molecule has 0 spiro atoms. The highest BCUT2D eigenvalue weighted by Gasteiger charge is 2.41. The van der Waals surface area contributed by atoms with Gasteiger partial charge in [0.05, 0.1) is 9.49 Å². The molecule has 0 amide bonds. The largest absolute Gasteiger partial charge is 0.258 e. The Labute approximate surface area is 87.7 Å². The zero-order valence-corrected chi connectivity index (χ0v) is 10.2. The van der Waals surface area contributed by atoms with E-state index < -0.39 is 33.6 Å². The second-order valence-electron chi connectivity index (χ2n) is 4.14. The molecule has 14 heavy (non-hydrogen) atoms. The number of hydrogen-bond donors (Lipinski definition) is 0. The van der Waals surface area contributed by atoms with Crippen molar-refractivity contribution in [3.63, 3.8) is 0 Å². The third-order valence-electron chi connectivity index (χ3n) is 2.96. The first-order valence-electron chi connectivity index (χ1n) is 4.94. The maximum Gasteiger partial charge on any atom is 0.106 e. The molecule has 0 fully saturated rings. The third kappa shape index (κ3) is 2.53. The van der Waals surface area contributed by atoms with Crippen molar-refractivity contribution in [2.24, 2.45) is 0 Å². The van der Waals surface area contributed by atoms with E-state index in [1.807, 2.05) is 0 Å². The van der Waals surface area contributed by atoms with Gasteiger partial charge in [0, 0.05) is 10.8 Å². The molecule has 0 aliphatic rings. The summed E-state index contributed by atoms with van der Waals surface area (Å²) in [6.45, 7) is 5.48. The molecule has 0 N–H and O–H groups in total. The summed E-state index contributed by atoms with van der Waals surface area (Å²) in [7, 11) is -1.48. The van der Waals surface area contributed by atoms with E-state index in [1.54, 1.807) is 27.7 Å². The monoisotopic (exact) mass is 226 g/mol. The molecule has 0 bridgehead atoms. The van der Waals surface area contributed by atoms with Gasteiger partial charge in [0.15, 0.2) is 0 Å². The predicted molar refractivity (Wildman–Crippen MR) is 57.5 cm³/mol. The zero-order chi connectivity index (χ0) is 11.4. The fraction of sp³-hybridized carbons (Fsp3) is 1.00. The number of halogens is 2. The average Bonchev–Trinajstić information content (AvgIpc) is 2.25. The first-order valence-corrected chi connectivity index (χ1v) is 6.09. The van der Waals surface area contributed by atoms with Gasteiger partial charge in [-0.25, -0.2) is 8.78 Å². The van der Waals surface area contributed by atoms with Gasteiger partial charge in [-0.1, -0.05) is 13.8 Å². The van der Waals surface area contributed by atoms with Crippen LogP contribution in [0.25, 0.3) is 0 Å². The molecule has 0 aliphatic carbocycles. The van der Waals surface area contributed by atoms with Crippen LogP contribution in [0.1, 0.15) is 40.5 Å². The van der Waals surface area contributed by atoms with Crippen LogP contribution < -0.4 is 0 Å². The Morgan fingerprint density at radius 1 is 1.00 bits per heavy atom. The Morgan fingerprint density at radius 3 is 1.43 bits per heavy atom. The summed E-state index contributed by atoms with van der Waals surface area (Å²) >= 11 is 0. The molecule has 0 aromatic rings. The highest BCUT2D eigenvalue weighted by molar-refractivity contribution is 7.87. The Balaban J connectivity index is 4.90. The van der Waals surface area contributed by atoms with Crippen LogP contribution in [0.15, 0.2) is 0 Å². The highest BCUT2D eigenvalue weighted by atomic mass is 32.2. The van der Waals surface area contributed by atoms with Crippen LogP contribution in [0, 0.1) is 0 Å². The smallest absolute Gasteiger partial charge is 0.106 e. The maximum atomic E-state index is 12.8. The lowest BCUT2D eigenvalue weighted by Gasteiger charge is -2.34. The first-order chi connectivity index (χ1) is 6.40. The van der Waals surface area contributed by atoms with Gasteiger partial charge in [0.25, 0.3) is 0 Å². The quantitative estimate of drug-likeness (QED) is 0.680. The lowest BCUT2D eigenvalue weighted by atomic mass is 10.1. The molecular formula is C10H20F2OS. The molecular weight excluding hydrogens is 206 g/mol. The fourth-order valence-corrected chi connectivity index (χ4v) is 3.06. The summed E-state index contributed by atoms with van der Waals surface area (Å²) in [6, 6.07) is 0. The molecule has 86 valence electrons. The maximum absolute atomic E-state index is 12.8. The van der Waals surface area contributed by atoms with E-state index >= 15 is 0 Å². The minimum absolute atomic E-state index is 0.464. The molecule has 2 atom stereocenters. The van der Waals surface area contributed by atoms with Crippen LogP contribution in [0.3, 0.4) is 0 Å². The standard InChI is InChI=1S/C10H20F2OS/c1-5-9(3,7-11)14(13)10(4,6-2)8-12/h5-8H2,1-4H3. The van der Waals surface area contributed by atoms with E-state index in [-0.39, 0.29) is 0 Å². The molecule has 0 saturated heterocycles. The summed E-state index contributed by atoms with van der Waals surface area (Å²) in [6.07, 6.45) is 0.928. The van der Waals surface area contributed by atoms with E-state index in [4.69, 9.17) is 0 Å². The first kappa shape index (κ1) is 14.0. The summed E-state index contributed by atoms with van der Waals surface area (Å²) in [4.78, 5) is 0. The van der Waals surface area contributed by atoms with Crippen molar-refractivity contribution in [3.05, 3.63) is 0 Å². The normalized spacial score (nSPS) is 22.4. The average molecular weight is 226 g/mol. The molecule has 0 rings (SSSR count). The molecule has 0 aromatic heterocycles. The van der Waals surface area contributed by atoms with Crippen molar-refractivity contribution in [3.8, 4) is 0 Å². The molecule has 0 aromatic carbocycles. The van der Waals surface area contributed by atoms with Crippen molar-refractivity contribution >= 4 is 10.8 Å². The van der Waals surface area contributed by atoms with Crippen LogP contribution in [0.4, 0.5) is 8.78 Å². The minimum atomic E-state index is -1.48. The summed E-state index contributed by atoms with van der Waals surface area (Å²) in [5, 5.41) is 0. The highest BCUT2D eigenvalue weighted by Crippen LogP contribution is 2.31. The van der Waals surface area contributed by atoms with E-state index in [1.165, 1.54) is 0 Å². The Kier molecular flexibility index (Phi) is 5.20. The topological polar surface area (TPSA) is 17.1 Å². The molecule has 0 heterocycles. The molecule has 0 radical (unpaired) electrons. The lowest BCUT2D eigenvalue weighted by Crippen LogP contribution is -2.46. The number of rotatable bonds is 6. The van der Waals surface area contributed by atoms with Crippen LogP contribution in [0.2, 0.25) is 0 Å². The van der Waals surface area contributed by atoms with Gasteiger partial charge in [-0.15, -0.1) is 0 Å².